The van der Waals surface area contributed by atoms with Crippen LogP contribution in [0.5, 0.6) is 0 Å². The van der Waals surface area contributed by atoms with Crippen LogP contribution in [-0.4, -0.2) is 25.1 Å². The van der Waals surface area contributed by atoms with E-state index in [1.165, 1.54) is 10.8 Å². The summed E-state index contributed by atoms with van der Waals surface area (Å²) in [6, 6.07) is 18.3. The van der Waals surface area contributed by atoms with E-state index in [1.807, 2.05) is 36.4 Å². The van der Waals surface area contributed by atoms with Gasteiger partial charge in [0.25, 0.3) is 5.56 Å². The third-order valence-corrected chi connectivity index (χ3v) is 4.96. The maximum atomic E-state index is 12.7. The molecule has 5 rings (SSSR count). The molecule has 0 amide bonds. The van der Waals surface area contributed by atoms with E-state index >= 15 is 0 Å². The fourth-order valence-corrected chi connectivity index (χ4v) is 3.49. The number of furan rings is 1. The fourth-order valence-electron chi connectivity index (χ4n) is 3.49. The van der Waals surface area contributed by atoms with Gasteiger partial charge in [-0.15, -0.1) is 10.2 Å². The summed E-state index contributed by atoms with van der Waals surface area (Å²) in [6.07, 6.45) is 1.45. The minimum Gasteiger partial charge on any atom is -0.457 e. The molecule has 2 aromatic carbocycles. The standard InChI is InChI=1S/C22H16N4O4/c1-25-20(27)16-9-5-6-10-17(16)26-18(23-24-22(25)26)13-30-21(28)19-15(11-12-29-19)14-7-3-2-4-8-14/h2-12H,13H2,1H3. The Bertz CT molecular complexity index is 1450. The average Bonchev–Trinajstić information content (AvgIpc) is 3.44. The van der Waals surface area contributed by atoms with Gasteiger partial charge in [-0.2, -0.15) is 0 Å². The van der Waals surface area contributed by atoms with Crippen molar-refractivity contribution in [3.8, 4) is 11.1 Å². The van der Waals surface area contributed by atoms with Crippen LogP contribution >= 0.6 is 0 Å². The molecular weight excluding hydrogens is 384 g/mol. The lowest BCUT2D eigenvalue weighted by Crippen LogP contribution is -2.20. The van der Waals surface area contributed by atoms with Crippen molar-refractivity contribution < 1.29 is 13.9 Å². The number of carbonyl (C=O) groups is 1. The maximum Gasteiger partial charge on any atom is 0.375 e. The molecule has 8 nitrogen and oxygen atoms in total. The smallest absolute Gasteiger partial charge is 0.375 e. The number of carbonyl (C=O) groups excluding carboxylic acids is 1. The van der Waals surface area contributed by atoms with Gasteiger partial charge < -0.3 is 9.15 Å². The van der Waals surface area contributed by atoms with Crippen LogP contribution in [-0.2, 0) is 18.4 Å². The summed E-state index contributed by atoms with van der Waals surface area (Å²) in [5, 5.41) is 8.75. The number of aryl methyl sites for hydroxylation is 1. The summed E-state index contributed by atoms with van der Waals surface area (Å²) in [5.74, 6) is 0.280. The number of fused-ring (bicyclic) bond motifs is 3. The highest BCUT2D eigenvalue weighted by atomic mass is 16.5. The topological polar surface area (TPSA) is 91.6 Å². The molecule has 148 valence electrons. The first-order chi connectivity index (χ1) is 14.6. The van der Waals surface area contributed by atoms with Crippen LogP contribution in [0.25, 0.3) is 27.8 Å². The van der Waals surface area contributed by atoms with Gasteiger partial charge in [-0.3, -0.25) is 13.8 Å². The highest BCUT2D eigenvalue weighted by Gasteiger charge is 2.20. The number of esters is 1. The number of hydrogen-bond acceptors (Lipinski definition) is 6. The number of benzene rings is 2. The Morgan fingerprint density at radius 2 is 1.80 bits per heavy atom. The molecule has 0 aliphatic carbocycles. The van der Waals surface area contributed by atoms with Gasteiger partial charge in [0.2, 0.25) is 11.5 Å². The minimum atomic E-state index is -0.607. The number of aromatic nitrogens is 4. The van der Waals surface area contributed by atoms with Crippen LogP contribution in [0.4, 0.5) is 0 Å². The second-order valence-electron chi connectivity index (χ2n) is 6.74. The molecule has 0 aliphatic heterocycles. The summed E-state index contributed by atoms with van der Waals surface area (Å²) in [7, 11) is 1.63. The summed E-state index contributed by atoms with van der Waals surface area (Å²) < 4.78 is 14.0. The molecule has 0 saturated carbocycles. The Labute approximate surface area is 170 Å². The van der Waals surface area contributed by atoms with Crippen LogP contribution in [0, 0.1) is 0 Å². The predicted molar refractivity (Wildman–Crippen MR) is 109 cm³/mol. The van der Waals surface area contributed by atoms with Crippen molar-refractivity contribution in [3.05, 3.63) is 88.9 Å². The first-order valence-electron chi connectivity index (χ1n) is 9.27. The zero-order chi connectivity index (χ0) is 20.7. The third-order valence-electron chi connectivity index (χ3n) is 4.96. The summed E-state index contributed by atoms with van der Waals surface area (Å²) in [5.41, 5.74) is 1.98. The zero-order valence-electron chi connectivity index (χ0n) is 16.0. The molecule has 0 atom stereocenters. The molecule has 5 aromatic rings. The van der Waals surface area contributed by atoms with Crippen LogP contribution in [0.15, 0.2) is 76.1 Å². The normalized spacial score (nSPS) is 11.2. The second-order valence-corrected chi connectivity index (χ2v) is 6.74. The number of nitrogens with zero attached hydrogens (tertiary/aromatic N) is 4. The van der Waals surface area contributed by atoms with Crippen molar-refractivity contribution in [1.82, 2.24) is 19.2 Å². The first kappa shape index (κ1) is 17.9. The van der Waals surface area contributed by atoms with Gasteiger partial charge >= 0.3 is 5.97 Å². The van der Waals surface area contributed by atoms with Crippen molar-refractivity contribution in [1.29, 1.82) is 0 Å². The van der Waals surface area contributed by atoms with Gasteiger partial charge in [0.05, 0.1) is 17.2 Å². The van der Waals surface area contributed by atoms with E-state index in [0.29, 0.717) is 28.1 Å². The maximum absolute atomic E-state index is 12.7. The van der Waals surface area contributed by atoms with Gasteiger partial charge in [-0.1, -0.05) is 42.5 Å². The van der Waals surface area contributed by atoms with Crippen LogP contribution < -0.4 is 5.56 Å². The zero-order valence-corrected chi connectivity index (χ0v) is 16.0. The van der Waals surface area contributed by atoms with E-state index in [2.05, 4.69) is 10.2 Å². The van der Waals surface area contributed by atoms with Gasteiger partial charge in [0, 0.05) is 12.6 Å². The molecule has 0 spiro atoms. The highest BCUT2D eigenvalue weighted by Crippen LogP contribution is 2.25. The van der Waals surface area contributed by atoms with E-state index in [0.717, 1.165) is 5.56 Å². The summed E-state index contributed by atoms with van der Waals surface area (Å²) in [4.78, 5) is 25.2. The van der Waals surface area contributed by atoms with Crippen LogP contribution in [0.1, 0.15) is 16.4 Å². The Hall–Kier alpha value is -4.20. The van der Waals surface area contributed by atoms with E-state index in [9.17, 15) is 9.59 Å². The molecular formula is C22H16N4O4. The largest absolute Gasteiger partial charge is 0.457 e. The second kappa shape index (κ2) is 7.00. The third kappa shape index (κ3) is 2.77. The summed E-state index contributed by atoms with van der Waals surface area (Å²) in [6.45, 7) is -0.128. The van der Waals surface area contributed by atoms with E-state index in [4.69, 9.17) is 9.15 Å². The van der Waals surface area contributed by atoms with E-state index in [1.54, 1.807) is 35.7 Å². The first-order valence-corrected chi connectivity index (χ1v) is 9.27. The lowest BCUT2D eigenvalue weighted by Gasteiger charge is -2.08. The van der Waals surface area contributed by atoms with Gasteiger partial charge in [0.1, 0.15) is 0 Å². The number of hydrogen-bond donors (Lipinski definition) is 0. The van der Waals surface area contributed by atoms with Crippen LogP contribution in [0.2, 0.25) is 0 Å². The Kier molecular flexibility index (Phi) is 4.17. The van der Waals surface area contributed by atoms with Crippen molar-refractivity contribution in [2.24, 2.45) is 7.05 Å². The van der Waals surface area contributed by atoms with Crippen LogP contribution in [0.3, 0.4) is 0 Å². The molecule has 30 heavy (non-hydrogen) atoms. The van der Waals surface area contributed by atoms with E-state index in [-0.39, 0.29) is 17.9 Å². The molecule has 0 N–H and O–H groups in total. The Morgan fingerprint density at radius 1 is 1.03 bits per heavy atom. The van der Waals surface area contributed by atoms with Gasteiger partial charge in [0.15, 0.2) is 12.4 Å². The monoisotopic (exact) mass is 400 g/mol. The molecule has 8 heteroatoms. The van der Waals surface area contributed by atoms with Crippen molar-refractivity contribution in [2.45, 2.75) is 6.61 Å². The Balaban J connectivity index is 1.49. The average molecular weight is 400 g/mol. The van der Waals surface area contributed by atoms with Gasteiger partial charge in [-0.25, -0.2) is 4.79 Å². The summed E-state index contributed by atoms with van der Waals surface area (Å²) >= 11 is 0. The predicted octanol–water partition coefficient (Wildman–Crippen LogP) is 3.20. The van der Waals surface area contributed by atoms with Crippen molar-refractivity contribution in [2.75, 3.05) is 0 Å². The highest BCUT2D eigenvalue weighted by molar-refractivity contribution is 5.94. The van der Waals surface area contributed by atoms with Crippen molar-refractivity contribution >= 4 is 22.6 Å². The molecule has 3 heterocycles. The molecule has 0 aliphatic rings. The molecule has 0 bridgehead atoms. The lowest BCUT2D eigenvalue weighted by atomic mass is 10.1. The fraction of sp³-hybridized carbons (Fsp3) is 0.0909. The van der Waals surface area contributed by atoms with E-state index < -0.39 is 5.97 Å². The lowest BCUT2D eigenvalue weighted by molar-refractivity contribution is 0.0426. The molecule has 0 fully saturated rings. The van der Waals surface area contributed by atoms with Gasteiger partial charge in [-0.05, 0) is 23.8 Å². The molecule has 0 saturated heterocycles. The quantitative estimate of drug-likeness (QED) is 0.430. The molecule has 0 unspecified atom stereocenters. The minimum absolute atomic E-state index is 0.118. The number of ether oxygens (including phenoxy) is 1. The number of rotatable bonds is 4. The Morgan fingerprint density at radius 3 is 2.63 bits per heavy atom. The number of para-hydroxylation sites is 1. The van der Waals surface area contributed by atoms with Crippen molar-refractivity contribution in [3.63, 3.8) is 0 Å². The SMILES string of the molecule is Cn1c(=O)c2ccccc2n2c(COC(=O)c3occc3-c3ccccc3)nnc12. The molecule has 0 radical (unpaired) electrons. The molecule has 3 aromatic heterocycles.